The fourth-order valence-corrected chi connectivity index (χ4v) is 5.03. The molecule has 3 aromatic rings. The third kappa shape index (κ3) is 3.90. The number of nitrogens with one attached hydrogen (secondary N) is 1. The molecule has 152 valence electrons. The Hall–Kier alpha value is -2.71. The van der Waals surface area contributed by atoms with E-state index < -0.39 is 10.0 Å². The quantitative estimate of drug-likeness (QED) is 0.692. The predicted molar refractivity (Wildman–Crippen MR) is 110 cm³/mol. The standard InChI is InChI=1S/C21H23N3O4S/c1-14-11-18-19(23-28-20(18)12-15(14)2)13-21(25)22-16-5-7-17(8-6-16)29(26,27)24-9-3-4-10-24/h5-8,11-12H,3-4,9-10,13H2,1-2H3,(H,22,25). The fraction of sp³-hybridized carbons (Fsp3) is 0.333. The van der Waals surface area contributed by atoms with Gasteiger partial charge in [-0.15, -0.1) is 0 Å². The first kappa shape index (κ1) is 19.6. The minimum Gasteiger partial charge on any atom is -0.356 e. The molecule has 0 unspecified atom stereocenters. The number of aryl methyl sites for hydroxylation is 2. The molecule has 0 atom stereocenters. The minimum atomic E-state index is -3.46. The van der Waals surface area contributed by atoms with Gasteiger partial charge in [0.1, 0.15) is 5.69 Å². The van der Waals surface area contributed by atoms with Crippen molar-refractivity contribution in [2.45, 2.75) is 38.0 Å². The van der Waals surface area contributed by atoms with Crippen molar-refractivity contribution in [1.29, 1.82) is 0 Å². The molecule has 1 aromatic heterocycles. The van der Waals surface area contributed by atoms with Gasteiger partial charge >= 0.3 is 0 Å². The molecule has 1 N–H and O–H groups in total. The molecule has 4 rings (SSSR count). The Morgan fingerprint density at radius 2 is 1.76 bits per heavy atom. The van der Waals surface area contributed by atoms with Gasteiger partial charge in [-0.3, -0.25) is 4.79 Å². The highest BCUT2D eigenvalue weighted by Crippen LogP contribution is 2.24. The highest BCUT2D eigenvalue weighted by atomic mass is 32.2. The number of amides is 1. The maximum Gasteiger partial charge on any atom is 0.243 e. The number of nitrogens with zero attached hydrogens (tertiary/aromatic N) is 2. The van der Waals surface area contributed by atoms with Crippen LogP contribution in [-0.4, -0.2) is 36.9 Å². The van der Waals surface area contributed by atoms with Crippen LogP contribution in [0.1, 0.15) is 29.7 Å². The SMILES string of the molecule is Cc1cc2onc(CC(=O)Nc3ccc(S(=O)(=O)N4CCCC4)cc3)c2cc1C. The van der Waals surface area contributed by atoms with E-state index in [0.29, 0.717) is 30.1 Å². The molecule has 7 nitrogen and oxygen atoms in total. The molecule has 1 aliphatic heterocycles. The van der Waals surface area contributed by atoms with Crippen molar-refractivity contribution in [3.8, 4) is 0 Å². The van der Waals surface area contributed by atoms with Gasteiger partial charge in [0.15, 0.2) is 5.58 Å². The Kier molecular flexibility index (Phi) is 5.14. The van der Waals surface area contributed by atoms with Crippen molar-refractivity contribution in [1.82, 2.24) is 9.46 Å². The predicted octanol–water partition coefficient (Wildman–Crippen LogP) is 3.41. The van der Waals surface area contributed by atoms with E-state index >= 15 is 0 Å². The lowest BCUT2D eigenvalue weighted by Crippen LogP contribution is -2.27. The lowest BCUT2D eigenvalue weighted by atomic mass is 10.1. The van der Waals surface area contributed by atoms with E-state index in [9.17, 15) is 13.2 Å². The largest absolute Gasteiger partial charge is 0.356 e. The third-order valence-corrected chi connectivity index (χ3v) is 7.24. The molecule has 29 heavy (non-hydrogen) atoms. The van der Waals surface area contributed by atoms with E-state index in [4.69, 9.17) is 4.52 Å². The van der Waals surface area contributed by atoms with Gasteiger partial charge in [0.05, 0.1) is 11.3 Å². The van der Waals surface area contributed by atoms with Crippen LogP contribution in [0.25, 0.3) is 11.0 Å². The van der Waals surface area contributed by atoms with Gasteiger partial charge in [0, 0.05) is 24.2 Å². The fourth-order valence-electron chi connectivity index (χ4n) is 3.52. The third-order valence-electron chi connectivity index (χ3n) is 5.33. The second kappa shape index (κ2) is 7.61. The van der Waals surface area contributed by atoms with E-state index in [1.165, 1.54) is 16.4 Å². The molecule has 1 saturated heterocycles. The number of rotatable bonds is 5. The first-order valence-corrected chi connectivity index (χ1v) is 11.0. The maximum atomic E-state index is 12.6. The molecule has 0 spiro atoms. The van der Waals surface area contributed by atoms with Crippen molar-refractivity contribution in [2.75, 3.05) is 18.4 Å². The van der Waals surface area contributed by atoms with Crippen molar-refractivity contribution >= 4 is 32.6 Å². The monoisotopic (exact) mass is 413 g/mol. The van der Waals surface area contributed by atoms with Crippen molar-refractivity contribution in [2.24, 2.45) is 0 Å². The Bertz CT molecular complexity index is 1160. The molecule has 0 saturated carbocycles. The molecular weight excluding hydrogens is 390 g/mol. The van der Waals surface area contributed by atoms with Crippen LogP contribution < -0.4 is 5.32 Å². The minimum absolute atomic E-state index is 0.0727. The number of hydrogen-bond donors (Lipinski definition) is 1. The summed E-state index contributed by atoms with van der Waals surface area (Å²) in [7, 11) is -3.46. The molecule has 0 bridgehead atoms. The maximum absolute atomic E-state index is 12.6. The smallest absolute Gasteiger partial charge is 0.243 e. The van der Waals surface area contributed by atoms with E-state index in [2.05, 4.69) is 10.5 Å². The average Bonchev–Trinajstić information content (AvgIpc) is 3.34. The van der Waals surface area contributed by atoms with Crippen molar-refractivity contribution in [3.63, 3.8) is 0 Å². The number of sulfonamides is 1. The molecule has 1 aliphatic rings. The van der Waals surface area contributed by atoms with Gasteiger partial charge in [-0.05, 0) is 74.2 Å². The number of hydrogen-bond acceptors (Lipinski definition) is 5. The summed E-state index contributed by atoms with van der Waals surface area (Å²) in [5.74, 6) is -0.242. The normalized spacial score (nSPS) is 15.1. The van der Waals surface area contributed by atoms with Crippen molar-refractivity contribution in [3.05, 3.63) is 53.2 Å². The molecular formula is C21H23N3O4S. The van der Waals surface area contributed by atoms with E-state index in [1.54, 1.807) is 12.1 Å². The summed E-state index contributed by atoms with van der Waals surface area (Å²) in [6.45, 7) is 5.12. The summed E-state index contributed by atoms with van der Waals surface area (Å²) < 4.78 is 32.0. The summed E-state index contributed by atoms with van der Waals surface area (Å²) in [4.78, 5) is 12.7. The summed E-state index contributed by atoms with van der Waals surface area (Å²) in [5, 5.41) is 7.65. The van der Waals surface area contributed by atoms with E-state index in [0.717, 1.165) is 29.4 Å². The molecule has 2 heterocycles. The average molecular weight is 413 g/mol. The molecule has 8 heteroatoms. The van der Waals surface area contributed by atoms with Crippen LogP contribution in [0, 0.1) is 13.8 Å². The summed E-state index contributed by atoms with van der Waals surface area (Å²) in [6.07, 6.45) is 1.86. The first-order chi connectivity index (χ1) is 13.8. The van der Waals surface area contributed by atoms with Gasteiger partial charge in [-0.25, -0.2) is 8.42 Å². The lowest BCUT2D eigenvalue weighted by molar-refractivity contribution is -0.115. The van der Waals surface area contributed by atoms with Crippen LogP contribution in [0.2, 0.25) is 0 Å². The number of fused-ring (bicyclic) bond motifs is 1. The van der Waals surface area contributed by atoms with Crippen LogP contribution in [-0.2, 0) is 21.2 Å². The molecule has 1 fully saturated rings. The van der Waals surface area contributed by atoms with E-state index in [1.807, 2.05) is 26.0 Å². The summed E-state index contributed by atoms with van der Waals surface area (Å²) in [5.41, 5.74) is 3.99. The zero-order valence-corrected chi connectivity index (χ0v) is 17.3. The Morgan fingerprint density at radius 1 is 1.10 bits per heavy atom. The Labute approximate surface area is 169 Å². The molecule has 0 radical (unpaired) electrons. The van der Waals surface area contributed by atoms with Crippen LogP contribution in [0.5, 0.6) is 0 Å². The van der Waals surface area contributed by atoms with Gasteiger partial charge in [0.25, 0.3) is 0 Å². The van der Waals surface area contributed by atoms with Gasteiger partial charge in [0.2, 0.25) is 15.9 Å². The van der Waals surface area contributed by atoms with E-state index in [-0.39, 0.29) is 17.2 Å². The number of aromatic nitrogens is 1. The number of benzene rings is 2. The van der Waals surface area contributed by atoms with Crippen LogP contribution in [0.15, 0.2) is 45.8 Å². The first-order valence-electron chi connectivity index (χ1n) is 9.60. The Morgan fingerprint density at radius 3 is 2.45 bits per heavy atom. The zero-order chi connectivity index (χ0) is 20.6. The molecule has 1 amide bonds. The van der Waals surface area contributed by atoms with Crippen LogP contribution in [0.4, 0.5) is 5.69 Å². The number of carbonyl (C=O) groups is 1. The topological polar surface area (TPSA) is 92.5 Å². The Balaban J connectivity index is 1.46. The highest BCUT2D eigenvalue weighted by Gasteiger charge is 2.27. The molecule has 2 aromatic carbocycles. The van der Waals surface area contributed by atoms with Crippen LogP contribution >= 0.6 is 0 Å². The van der Waals surface area contributed by atoms with Crippen molar-refractivity contribution < 1.29 is 17.7 Å². The van der Waals surface area contributed by atoms with Gasteiger partial charge in [-0.2, -0.15) is 4.31 Å². The van der Waals surface area contributed by atoms with Crippen LogP contribution in [0.3, 0.4) is 0 Å². The van der Waals surface area contributed by atoms with Gasteiger partial charge < -0.3 is 9.84 Å². The molecule has 0 aliphatic carbocycles. The summed E-state index contributed by atoms with van der Waals surface area (Å²) in [6, 6.07) is 10.2. The summed E-state index contributed by atoms with van der Waals surface area (Å²) >= 11 is 0. The second-order valence-corrected chi connectivity index (χ2v) is 9.36. The number of carbonyl (C=O) groups excluding carboxylic acids is 1. The second-order valence-electron chi connectivity index (χ2n) is 7.42. The lowest BCUT2D eigenvalue weighted by Gasteiger charge is -2.15. The van der Waals surface area contributed by atoms with Gasteiger partial charge in [-0.1, -0.05) is 5.16 Å². The zero-order valence-electron chi connectivity index (χ0n) is 16.4. The number of anilines is 1. The highest BCUT2D eigenvalue weighted by molar-refractivity contribution is 7.89.